The van der Waals surface area contributed by atoms with Gasteiger partial charge in [0.1, 0.15) is 5.75 Å². The average Bonchev–Trinajstić information content (AvgIpc) is 3.03. The van der Waals surface area contributed by atoms with Crippen molar-refractivity contribution in [3.05, 3.63) is 27.7 Å². The maximum Gasteiger partial charge on any atom is 0.138 e. The van der Waals surface area contributed by atoms with Gasteiger partial charge in [0.25, 0.3) is 0 Å². The van der Waals surface area contributed by atoms with Crippen molar-refractivity contribution in [3.8, 4) is 5.75 Å². The SMILES string of the molecule is Cc1cc(Br)c(OC2CC2)c(C2(C)CCCN2)c1. The second-order valence-electron chi connectivity index (χ2n) is 5.80. The Bertz CT molecular complexity index is 462. The summed E-state index contributed by atoms with van der Waals surface area (Å²) in [5.74, 6) is 1.06. The van der Waals surface area contributed by atoms with Crippen LogP contribution in [0.3, 0.4) is 0 Å². The Kier molecular flexibility index (Phi) is 3.15. The second kappa shape index (κ2) is 4.53. The number of rotatable bonds is 3. The zero-order chi connectivity index (χ0) is 12.8. The molecule has 1 aromatic carbocycles. The summed E-state index contributed by atoms with van der Waals surface area (Å²) in [5, 5.41) is 3.64. The quantitative estimate of drug-likeness (QED) is 0.914. The van der Waals surface area contributed by atoms with Crippen LogP contribution >= 0.6 is 15.9 Å². The van der Waals surface area contributed by atoms with Crippen LogP contribution in [0.1, 0.15) is 43.7 Å². The fraction of sp³-hybridized carbons (Fsp3) is 0.600. The molecule has 1 aliphatic heterocycles. The lowest BCUT2D eigenvalue weighted by Crippen LogP contribution is -2.33. The second-order valence-corrected chi connectivity index (χ2v) is 6.66. The maximum absolute atomic E-state index is 6.13. The van der Waals surface area contributed by atoms with Crippen molar-refractivity contribution in [2.45, 2.75) is 51.2 Å². The normalized spacial score (nSPS) is 27.5. The molecule has 1 saturated heterocycles. The third-order valence-electron chi connectivity index (χ3n) is 3.96. The Balaban J connectivity index is 2.04. The molecule has 1 N–H and O–H groups in total. The predicted octanol–water partition coefficient (Wildman–Crippen LogP) is 3.90. The zero-order valence-corrected chi connectivity index (χ0v) is 12.6. The molecule has 3 heteroatoms. The predicted molar refractivity (Wildman–Crippen MR) is 77.1 cm³/mol. The van der Waals surface area contributed by atoms with Crippen molar-refractivity contribution >= 4 is 15.9 Å². The smallest absolute Gasteiger partial charge is 0.138 e. The molecule has 1 unspecified atom stereocenters. The van der Waals surface area contributed by atoms with Gasteiger partial charge in [-0.1, -0.05) is 6.07 Å². The Labute approximate surface area is 117 Å². The summed E-state index contributed by atoms with van der Waals surface area (Å²) in [7, 11) is 0. The van der Waals surface area contributed by atoms with Crippen molar-refractivity contribution in [2.24, 2.45) is 0 Å². The Morgan fingerprint density at radius 3 is 2.78 bits per heavy atom. The van der Waals surface area contributed by atoms with E-state index in [1.54, 1.807) is 0 Å². The summed E-state index contributed by atoms with van der Waals surface area (Å²) in [6, 6.07) is 4.43. The van der Waals surface area contributed by atoms with E-state index in [2.05, 4.69) is 47.2 Å². The van der Waals surface area contributed by atoms with Crippen LogP contribution in [-0.4, -0.2) is 12.6 Å². The summed E-state index contributed by atoms with van der Waals surface area (Å²) in [6.07, 6.45) is 5.26. The minimum Gasteiger partial charge on any atom is -0.489 e. The fourth-order valence-corrected chi connectivity index (χ4v) is 3.40. The van der Waals surface area contributed by atoms with E-state index in [1.807, 2.05) is 0 Å². The third-order valence-corrected chi connectivity index (χ3v) is 4.55. The fourth-order valence-electron chi connectivity index (χ4n) is 2.74. The molecule has 2 fully saturated rings. The molecule has 98 valence electrons. The molecule has 1 saturated carbocycles. The molecule has 1 aromatic rings. The van der Waals surface area contributed by atoms with Gasteiger partial charge in [0.05, 0.1) is 10.6 Å². The number of nitrogens with one attached hydrogen (secondary N) is 1. The molecule has 2 nitrogen and oxygen atoms in total. The minimum absolute atomic E-state index is 0.0682. The van der Waals surface area contributed by atoms with Gasteiger partial charge < -0.3 is 10.1 Å². The lowest BCUT2D eigenvalue weighted by Gasteiger charge is -2.28. The summed E-state index contributed by atoms with van der Waals surface area (Å²) < 4.78 is 7.23. The highest BCUT2D eigenvalue weighted by molar-refractivity contribution is 9.10. The van der Waals surface area contributed by atoms with Gasteiger partial charge >= 0.3 is 0 Å². The topological polar surface area (TPSA) is 21.3 Å². The first kappa shape index (κ1) is 12.5. The molecule has 2 aliphatic rings. The molecule has 1 atom stereocenters. The van der Waals surface area contributed by atoms with Gasteiger partial charge in [-0.25, -0.2) is 0 Å². The number of aryl methyl sites for hydroxylation is 1. The van der Waals surface area contributed by atoms with Crippen LogP contribution < -0.4 is 10.1 Å². The van der Waals surface area contributed by atoms with Gasteiger partial charge in [-0.15, -0.1) is 0 Å². The standard InChI is InChI=1S/C15H20BrNO/c1-10-8-12(15(2)6-3-7-17-15)14(13(16)9-10)18-11-4-5-11/h8-9,11,17H,3-7H2,1-2H3. The number of benzene rings is 1. The van der Waals surface area contributed by atoms with Crippen LogP contribution in [0.15, 0.2) is 16.6 Å². The molecule has 0 aromatic heterocycles. The van der Waals surface area contributed by atoms with E-state index in [4.69, 9.17) is 4.74 Å². The molecule has 18 heavy (non-hydrogen) atoms. The van der Waals surface area contributed by atoms with Crippen molar-refractivity contribution in [3.63, 3.8) is 0 Å². The molecule has 0 amide bonds. The van der Waals surface area contributed by atoms with E-state index in [0.29, 0.717) is 6.10 Å². The number of ether oxygens (including phenoxy) is 1. The number of halogens is 1. The first-order valence-electron chi connectivity index (χ1n) is 6.81. The summed E-state index contributed by atoms with van der Waals surface area (Å²) in [6.45, 7) is 5.54. The zero-order valence-electron chi connectivity index (χ0n) is 11.1. The summed E-state index contributed by atoms with van der Waals surface area (Å²) in [5.41, 5.74) is 2.67. The molecule has 0 bridgehead atoms. The van der Waals surface area contributed by atoms with Crippen molar-refractivity contribution in [1.82, 2.24) is 5.32 Å². The Morgan fingerprint density at radius 2 is 2.17 bits per heavy atom. The molecule has 1 heterocycles. The third kappa shape index (κ3) is 2.30. The Morgan fingerprint density at radius 1 is 1.39 bits per heavy atom. The maximum atomic E-state index is 6.13. The molecule has 1 aliphatic carbocycles. The van der Waals surface area contributed by atoms with E-state index >= 15 is 0 Å². The lowest BCUT2D eigenvalue weighted by atomic mass is 9.88. The Hall–Kier alpha value is -0.540. The van der Waals surface area contributed by atoms with Crippen LogP contribution in [0.2, 0.25) is 0 Å². The largest absolute Gasteiger partial charge is 0.489 e. The van der Waals surface area contributed by atoms with Gasteiger partial charge in [-0.3, -0.25) is 0 Å². The van der Waals surface area contributed by atoms with Crippen LogP contribution in [-0.2, 0) is 5.54 Å². The molecule has 0 radical (unpaired) electrons. The molecular formula is C15H20BrNO. The first-order chi connectivity index (χ1) is 8.58. The van der Waals surface area contributed by atoms with Gasteiger partial charge in [-0.2, -0.15) is 0 Å². The number of hydrogen-bond donors (Lipinski definition) is 1. The highest BCUT2D eigenvalue weighted by Crippen LogP contribution is 2.43. The van der Waals surface area contributed by atoms with Gasteiger partial charge in [0.2, 0.25) is 0 Å². The minimum atomic E-state index is 0.0682. The van der Waals surface area contributed by atoms with E-state index in [9.17, 15) is 0 Å². The van der Waals surface area contributed by atoms with Crippen LogP contribution in [0.5, 0.6) is 5.75 Å². The number of hydrogen-bond acceptors (Lipinski definition) is 2. The highest BCUT2D eigenvalue weighted by Gasteiger charge is 2.35. The van der Waals surface area contributed by atoms with Gasteiger partial charge in [0.15, 0.2) is 0 Å². The van der Waals surface area contributed by atoms with E-state index in [0.717, 1.165) is 16.8 Å². The van der Waals surface area contributed by atoms with Crippen molar-refractivity contribution < 1.29 is 4.74 Å². The lowest BCUT2D eigenvalue weighted by molar-refractivity contribution is 0.286. The van der Waals surface area contributed by atoms with E-state index in [-0.39, 0.29) is 5.54 Å². The van der Waals surface area contributed by atoms with Crippen molar-refractivity contribution in [1.29, 1.82) is 0 Å². The van der Waals surface area contributed by atoms with Crippen LogP contribution in [0.25, 0.3) is 0 Å². The van der Waals surface area contributed by atoms with E-state index < -0.39 is 0 Å². The van der Waals surface area contributed by atoms with Crippen LogP contribution in [0.4, 0.5) is 0 Å². The molecule has 0 spiro atoms. The highest BCUT2D eigenvalue weighted by atomic mass is 79.9. The van der Waals surface area contributed by atoms with Crippen LogP contribution in [0, 0.1) is 6.92 Å². The first-order valence-corrected chi connectivity index (χ1v) is 7.60. The average molecular weight is 310 g/mol. The molecule has 3 rings (SSSR count). The van der Waals surface area contributed by atoms with Gasteiger partial charge in [-0.05, 0) is 73.6 Å². The summed E-state index contributed by atoms with van der Waals surface area (Å²) >= 11 is 3.67. The van der Waals surface area contributed by atoms with Crippen molar-refractivity contribution in [2.75, 3.05) is 6.54 Å². The van der Waals surface area contributed by atoms with E-state index in [1.165, 1.54) is 36.8 Å². The molecular weight excluding hydrogens is 290 g/mol. The van der Waals surface area contributed by atoms with Gasteiger partial charge in [0, 0.05) is 11.1 Å². The monoisotopic (exact) mass is 309 g/mol. The summed E-state index contributed by atoms with van der Waals surface area (Å²) in [4.78, 5) is 0.